The highest BCUT2D eigenvalue weighted by atomic mass is 15.1. The Bertz CT molecular complexity index is 903. The summed E-state index contributed by atoms with van der Waals surface area (Å²) >= 11 is 0. The molecule has 2 N–H and O–H groups in total. The van der Waals surface area contributed by atoms with Crippen LogP contribution in [0.4, 0.5) is 11.6 Å². The molecular formula is C15H11N7. The number of aromatic amines is 1. The van der Waals surface area contributed by atoms with Crippen LogP contribution in [-0.2, 0) is 0 Å². The van der Waals surface area contributed by atoms with Gasteiger partial charge in [0.25, 0.3) is 0 Å². The molecule has 0 bridgehead atoms. The summed E-state index contributed by atoms with van der Waals surface area (Å²) < 4.78 is 0. The van der Waals surface area contributed by atoms with E-state index in [1.165, 1.54) is 0 Å². The second-order valence-corrected chi connectivity index (χ2v) is 4.58. The van der Waals surface area contributed by atoms with Crippen LogP contribution in [0.2, 0.25) is 0 Å². The van der Waals surface area contributed by atoms with Crippen molar-refractivity contribution in [3.63, 3.8) is 0 Å². The minimum Gasteiger partial charge on any atom is -0.334 e. The molecule has 0 atom stereocenters. The van der Waals surface area contributed by atoms with E-state index < -0.39 is 0 Å². The zero-order chi connectivity index (χ0) is 14.8. The smallest absolute Gasteiger partial charge is 0.195 e. The van der Waals surface area contributed by atoms with Crippen LogP contribution in [-0.4, -0.2) is 29.9 Å². The average molecular weight is 289 g/mol. The van der Waals surface area contributed by atoms with Crippen LogP contribution < -0.4 is 5.32 Å². The van der Waals surface area contributed by atoms with Gasteiger partial charge in [0.2, 0.25) is 0 Å². The lowest BCUT2D eigenvalue weighted by molar-refractivity contribution is 1.13. The predicted octanol–water partition coefficient (Wildman–Crippen LogP) is 2.55. The molecule has 0 saturated carbocycles. The zero-order valence-electron chi connectivity index (χ0n) is 11.4. The first-order chi connectivity index (χ1) is 10.9. The summed E-state index contributed by atoms with van der Waals surface area (Å²) in [5.41, 5.74) is 1.62. The molecule has 4 aromatic heterocycles. The van der Waals surface area contributed by atoms with E-state index in [0.717, 1.165) is 16.9 Å². The summed E-state index contributed by atoms with van der Waals surface area (Å²) in [6.07, 6.45) is 6.81. The van der Waals surface area contributed by atoms with Gasteiger partial charge >= 0.3 is 0 Å². The Morgan fingerprint density at radius 3 is 2.55 bits per heavy atom. The lowest BCUT2D eigenvalue weighted by Crippen LogP contribution is -1.94. The number of pyridine rings is 2. The van der Waals surface area contributed by atoms with E-state index >= 15 is 0 Å². The van der Waals surface area contributed by atoms with Gasteiger partial charge < -0.3 is 10.3 Å². The molecule has 0 unspecified atom stereocenters. The van der Waals surface area contributed by atoms with Gasteiger partial charge in [0.15, 0.2) is 11.6 Å². The second-order valence-electron chi connectivity index (χ2n) is 4.58. The van der Waals surface area contributed by atoms with Crippen molar-refractivity contribution in [3.05, 3.63) is 55.1 Å². The molecule has 0 radical (unpaired) electrons. The number of H-pyrrole nitrogens is 1. The van der Waals surface area contributed by atoms with Crippen molar-refractivity contribution in [1.29, 1.82) is 0 Å². The second kappa shape index (κ2) is 5.21. The molecule has 7 heteroatoms. The number of nitrogens with one attached hydrogen (secondary N) is 2. The summed E-state index contributed by atoms with van der Waals surface area (Å²) in [5, 5.41) is 3.14. The maximum Gasteiger partial charge on any atom is 0.195 e. The van der Waals surface area contributed by atoms with Crippen LogP contribution in [0.15, 0.2) is 55.1 Å². The fourth-order valence-electron chi connectivity index (χ4n) is 2.07. The first-order valence-corrected chi connectivity index (χ1v) is 6.70. The Kier molecular flexibility index (Phi) is 2.93. The van der Waals surface area contributed by atoms with Crippen molar-refractivity contribution in [3.8, 4) is 11.6 Å². The Morgan fingerprint density at radius 2 is 1.73 bits per heavy atom. The molecule has 0 aliphatic rings. The van der Waals surface area contributed by atoms with Gasteiger partial charge in [-0.15, -0.1) is 0 Å². The fourth-order valence-corrected chi connectivity index (χ4v) is 2.07. The van der Waals surface area contributed by atoms with E-state index in [1.807, 2.05) is 24.3 Å². The van der Waals surface area contributed by atoms with Crippen LogP contribution in [0.5, 0.6) is 0 Å². The van der Waals surface area contributed by atoms with E-state index in [9.17, 15) is 0 Å². The number of rotatable bonds is 3. The maximum absolute atomic E-state index is 4.50. The van der Waals surface area contributed by atoms with E-state index in [0.29, 0.717) is 17.5 Å². The monoisotopic (exact) mass is 289 g/mol. The molecule has 22 heavy (non-hydrogen) atoms. The lowest BCUT2D eigenvalue weighted by atomic mass is 10.4. The summed E-state index contributed by atoms with van der Waals surface area (Å²) in [5.74, 6) is 2.58. The molecule has 4 heterocycles. The van der Waals surface area contributed by atoms with Gasteiger partial charge in [-0.05, 0) is 18.2 Å². The number of hydrogen-bond acceptors (Lipinski definition) is 6. The minimum absolute atomic E-state index is 0.554. The van der Waals surface area contributed by atoms with Crippen molar-refractivity contribution in [1.82, 2.24) is 29.9 Å². The number of imidazole rings is 1. The number of aromatic nitrogens is 6. The number of hydrogen-bond donors (Lipinski definition) is 2. The minimum atomic E-state index is 0.554. The Labute approximate surface area is 125 Å². The summed E-state index contributed by atoms with van der Waals surface area (Å²) in [6, 6.07) is 9.27. The SMILES string of the molecule is c1ccc(Nc2cc3nc(-c4ncccn4)[nH]c3cn2)nc1. The van der Waals surface area contributed by atoms with Gasteiger partial charge in [0.1, 0.15) is 11.6 Å². The fraction of sp³-hybridized carbons (Fsp3) is 0. The summed E-state index contributed by atoms with van der Waals surface area (Å²) in [7, 11) is 0. The van der Waals surface area contributed by atoms with Crippen LogP contribution in [0.25, 0.3) is 22.7 Å². The van der Waals surface area contributed by atoms with Gasteiger partial charge in [-0.1, -0.05) is 6.07 Å². The molecule has 0 aliphatic heterocycles. The zero-order valence-corrected chi connectivity index (χ0v) is 11.4. The summed E-state index contributed by atoms with van der Waals surface area (Å²) in [4.78, 5) is 24.6. The maximum atomic E-state index is 4.50. The van der Waals surface area contributed by atoms with E-state index in [1.54, 1.807) is 30.9 Å². The largest absolute Gasteiger partial charge is 0.334 e. The third-order valence-corrected chi connectivity index (χ3v) is 3.07. The third-order valence-electron chi connectivity index (χ3n) is 3.07. The normalized spacial score (nSPS) is 10.7. The molecule has 4 aromatic rings. The van der Waals surface area contributed by atoms with Crippen LogP contribution >= 0.6 is 0 Å². The van der Waals surface area contributed by atoms with Gasteiger partial charge in [0.05, 0.1) is 17.2 Å². The molecule has 0 saturated heterocycles. The van der Waals surface area contributed by atoms with Crippen molar-refractivity contribution >= 4 is 22.7 Å². The van der Waals surface area contributed by atoms with E-state index in [-0.39, 0.29) is 0 Å². The van der Waals surface area contributed by atoms with E-state index in [4.69, 9.17) is 0 Å². The van der Waals surface area contributed by atoms with Crippen molar-refractivity contribution in [2.24, 2.45) is 0 Å². The molecule has 4 rings (SSSR count). The third kappa shape index (κ3) is 2.35. The first kappa shape index (κ1) is 12.4. The summed E-state index contributed by atoms with van der Waals surface area (Å²) in [6.45, 7) is 0. The molecule has 7 nitrogen and oxygen atoms in total. The Balaban J connectivity index is 1.69. The van der Waals surface area contributed by atoms with E-state index in [2.05, 4.69) is 35.2 Å². The average Bonchev–Trinajstić information content (AvgIpc) is 3.00. The molecule has 0 aromatic carbocycles. The Morgan fingerprint density at radius 1 is 0.864 bits per heavy atom. The van der Waals surface area contributed by atoms with Gasteiger partial charge in [-0.25, -0.2) is 24.9 Å². The molecule has 0 fully saturated rings. The molecular weight excluding hydrogens is 278 g/mol. The van der Waals surface area contributed by atoms with Crippen LogP contribution in [0.3, 0.4) is 0 Å². The van der Waals surface area contributed by atoms with Gasteiger partial charge in [0, 0.05) is 24.7 Å². The number of anilines is 2. The van der Waals surface area contributed by atoms with Crippen LogP contribution in [0.1, 0.15) is 0 Å². The highest BCUT2D eigenvalue weighted by Crippen LogP contribution is 2.20. The van der Waals surface area contributed by atoms with Crippen molar-refractivity contribution in [2.45, 2.75) is 0 Å². The standard InChI is InChI=1S/C15H11N7/c1-2-5-16-12(4-1)22-13-8-10-11(9-19-13)21-15(20-10)14-17-6-3-7-18-14/h1-9H,(H,20,21)(H,16,19,22). The highest BCUT2D eigenvalue weighted by molar-refractivity contribution is 5.80. The number of nitrogens with zero attached hydrogens (tertiary/aromatic N) is 5. The molecule has 0 spiro atoms. The molecule has 0 amide bonds. The quantitative estimate of drug-likeness (QED) is 0.602. The van der Waals surface area contributed by atoms with Crippen molar-refractivity contribution < 1.29 is 0 Å². The first-order valence-electron chi connectivity index (χ1n) is 6.70. The van der Waals surface area contributed by atoms with Crippen LogP contribution in [0, 0.1) is 0 Å². The number of fused-ring (bicyclic) bond motifs is 1. The highest BCUT2D eigenvalue weighted by Gasteiger charge is 2.08. The van der Waals surface area contributed by atoms with Crippen molar-refractivity contribution in [2.75, 3.05) is 5.32 Å². The topological polar surface area (TPSA) is 92.3 Å². The lowest BCUT2D eigenvalue weighted by Gasteiger charge is -2.03. The Hall–Kier alpha value is -3.35. The molecule has 106 valence electrons. The van der Waals surface area contributed by atoms with Gasteiger partial charge in [-0.3, -0.25) is 0 Å². The molecule has 0 aliphatic carbocycles. The van der Waals surface area contributed by atoms with Gasteiger partial charge in [-0.2, -0.15) is 0 Å². The predicted molar refractivity (Wildman–Crippen MR) is 82.4 cm³/mol.